The second-order valence-electron chi connectivity index (χ2n) is 9.21. The molecule has 0 spiro atoms. The molecule has 0 aromatic heterocycles. The molecule has 3 aromatic rings. The number of hydrogen-bond donors (Lipinski definition) is 0. The molecule has 10 nitrogen and oxygen atoms in total. The molecule has 2 heterocycles. The van der Waals surface area contributed by atoms with Gasteiger partial charge in [-0.25, -0.2) is 8.42 Å². The molecule has 0 unspecified atom stereocenters. The highest BCUT2D eigenvalue weighted by atomic mass is 32.2. The van der Waals surface area contributed by atoms with Gasteiger partial charge in [-0.1, -0.05) is 24.3 Å². The highest BCUT2D eigenvalue weighted by molar-refractivity contribution is 7.92. The number of anilines is 1. The van der Waals surface area contributed by atoms with E-state index in [1.807, 2.05) is 18.2 Å². The van der Waals surface area contributed by atoms with E-state index in [1.165, 1.54) is 26.4 Å². The Morgan fingerprint density at radius 3 is 2.36 bits per heavy atom. The quantitative estimate of drug-likeness (QED) is 0.399. The van der Waals surface area contributed by atoms with Crippen molar-refractivity contribution >= 4 is 21.6 Å². The van der Waals surface area contributed by atoms with Gasteiger partial charge in [-0.2, -0.15) is 0 Å². The van der Waals surface area contributed by atoms with Crippen LogP contribution in [0.3, 0.4) is 0 Å². The van der Waals surface area contributed by atoms with E-state index in [2.05, 4.69) is 4.90 Å². The zero-order chi connectivity index (χ0) is 27.4. The van der Waals surface area contributed by atoms with Gasteiger partial charge in [0.25, 0.3) is 10.0 Å². The summed E-state index contributed by atoms with van der Waals surface area (Å²) in [7, 11) is -1.13. The lowest BCUT2D eigenvalue weighted by atomic mass is 10.1. The fraction of sp³-hybridized carbons (Fsp3) is 0.321. The van der Waals surface area contributed by atoms with Crippen molar-refractivity contribution in [3.63, 3.8) is 0 Å². The number of nitrogens with zero attached hydrogens (tertiary/aromatic N) is 3. The molecule has 1 fully saturated rings. The van der Waals surface area contributed by atoms with Gasteiger partial charge < -0.3 is 23.8 Å². The fourth-order valence-electron chi connectivity index (χ4n) is 4.69. The van der Waals surface area contributed by atoms with Gasteiger partial charge in [0.1, 0.15) is 18.0 Å². The third-order valence-corrected chi connectivity index (χ3v) is 8.61. The molecule has 0 aliphatic carbocycles. The van der Waals surface area contributed by atoms with Crippen molar-refractivity contribution < 1.29 is 32.2 Å². The maximum Gasteiger partial charge on any atom is 0.264 e. The number of rotatable bonds is 9. The smallest absolute Gasteiger partial charge is 0.264 e. The Labute approximate surface area is 228 Å². The fourth-order valence-corrected chi connectivity index (χ4v) is 6.12. The molecule has 2 aliphatic rings. The van der Waals surface area contributed by atoms with E-state index in [9.17, 15) is 13.2 Å². The molecule has 2 aliphatic heterocycles. The van der Waals surface area contributed by atoms with E-state index < -0.39 is 10.0 Å². The van der Waals surface area contributed by atoms with Crippen molar-refractivity contribution in [3.05, 3.63) is 72.3 Å². The summed E-state index contributed by atoms with van der Waals surface area (Å²) in [6.45, 7) is 2.87. The molecule has 11 heteroatoms. The summed E-state index contributed by atoms with van der Waals surface area (Å²) in [6.07, 6.45) is 0. The first-order chi connectivity index (χ1) is 18.9. The number of carbonyl (C=O) groups excluding carboxylic acids is 1. The highest BCUT2D eigenvalue weighted by Crippen LogP contribution is 2.36. The van der Waals surface area contributed by atoms with E-state index >= 15 is 0 Å². The molecule has 206 valence electrons. The van der Waals surface area contributed by atoms with Crippen LogP contribution in [-0.4, -0.2) is 77.9 Å². The van der Waals surface area contributed by atoms with Crippen LogP contribution in [0, 0.1) is 0 Å². The van der Waals surface area contributed by atoms with Crippen LogP contribution in [0.5, 0.6) is 23.0 Å². The first-order valence-corrected chi connectivity index (χ1v) is 14.0. The molecule has 39 heavy (non-hydrogen) atoms. The van der Waals surface area contributed by atoms with E-state index in [1.54, 1.807) is 41.3 Å². The van der Waals surface area contributed by atoms with Crippen molar-refractivity contribution in [1.82, 2.24) is 9.80 Å². The zero-order valence-electron chi connectivity index (χ0n) is 21.9. The van der Waals surface area contributed by atoms with Crippen molar-refractivity contribution in [2.24, 2.45) is 0 Å². The number of piperazine rings is 1. The zero-order valence-corrected chi connectivity index (χ0v) is 22.7. The minimum absolute atomic E-state index is 0.0798. The van der Waals surface area contributed by atoms with Gasteiger partial charge in [-0.05, 0) is 42.0 Å². The summed E-state index contributed by atoms with van der Waals surface area (Å²) in [5.41, 5.74) is 1.33. The minimum atomic E-state index is -4.08. The van der Waals surface area contributed by atoms with Gasteiger partial charge >= 0.3 is 0 Å². The van der Waals surface area contributed by atoms with E-state index in [4.69, 9.17) is 18.9 Å². The largest absolute Gasteiger partial charge is 0.497 e. The first kappa shape index (κ1) is 26.6. The lowest BCUT2D eigenvalue weighted by molar-refractivity contribution is -0.131. The Morgan fingerprint density at radius 1 is 0.897 bits per heavy atom. The van der Waals surface area contributed by atoms with Crippen LogP contribution in [0.1, 0.15) is 5.56 Å². The molecule has 0 saturated carbocycles. The summed E-state index contributed by atoms with van der Waals surface area (Å²) in [4.78, 5) is 17.5. The highest BCUT2D eigenvalue weighted by Gasteiger charge is 2.32. The third kappa shape index (κ3) is 5.74. The Kier molecular flexibility index (Phi) is 7.80. The summed E-state index contributed by atoms with van der Waals surface area (Å²) >= 11 is 0. The van der Waals surface area contributed by atoms with Crippen LogP contribution in [0.4, 0.5) is 5.69 Å². The molecule has 0 bridgehead atoms. The van der Waals surface area contributed by atoms with Gasteiger partial charge in [0.15, 0.2) is 11.5 Å². The van der Waals surface area contributed by atoms with Crippen LogP contribution in [0.15, 0.2) is 71.6 Å². The number of methoxy groups -OCH3 is 2. The molecule has 1 saturated heterocycles. The maximum atomic E-state index is 13.8. The summed E-state index contributed by atoms with van der Waals surface area (Å²) in [5, 5.41) is 0. The van der Waals surface area contributed by atoms with Gasteiger partial charge in [-0.3, -0.25) is 14.0 Å². The average Bonchev–Trinajstić information content (AvgIpc) is 3.44. The van der Waals surface area contributed by atoms with Crippen LogP contribution in [0.25, 0.3) is 0 Å². The molecular formula is C28H31N3O7S. The number of fused-ring (bicyclic) bond motifs is 1. The van der Waals surface area contributed by atoms with E-state index in [0.717, 1.165) is 21.4 Å². The SMILES string of the molecule is COc1ccc(OC)c(N(CC(=O)N2CCN(Cc3ccc4c(c3)OCO4)CC2)S(=O)(=O)c2ccccc2)c1. The normalized spacial score (nSPS) is 15.2. The third-order valence-electron chi connectivity index (χ3n) is 6.83. The standard InChI is InChI=1S/C28H31N3O7S/c1-35-22-9-11-25(36-2)24(17-22)31(39(33,34)23-6-4-3-5-7-23)19-28(32)30-14-12-29(13-15-30)18-21-8-10-26-27(16-21)38-20-37-26/h3-11,16-17H,12-15,18-20H2,1-2H3. The topological polar surface area (TPSA) is 97.8 Å². The van der Waals surface area contributed by atoms with Gasteiger partial charge in [0.05, 0.1) is 24.8 Å². The Morgan fingerprint density at radius 2 is 1.64 bits per heavy atom. The van der Waals surface area contributed by atoms with Crippen molar-refractivity contribution in [2.75, 3.05) is 58.0 Å². The maximum absolute atomic E-state index is 13.8. The molecule has 3 aromatic carbocycles. The van der Waals surface area contributed by atoms with E-state index in [0.29, 0.717) is 44.2 Å². The first-order valence-electron chi connectivity index (χ1n) is 12.6. The summed E-state index contributed by atoms with van der Waals surface area (Å²) in [5.74, 6) is 1.97. The monoisotopic (exact) mass is 553 g/mol. The van der Waals surface area contributed by atoms with Crippen LogP contribution in [0.2, 0.25) is 0 Å². The second-order valence-corrected chi connectivity index (χ2v) is 11.1. The van der Waals surface area contributed by atoms with Crippen molar-refractivity contribution in [1.29, 1.82) is 0 Å². The van der Waals surface area contributed by atoms with Crippen LogP contribution in [-0.2, 0) is 21.4 Å². The minimum Gasteiger partial charge on any atom is -0.497 e. The van der Waals surface area contributed by atoms with Gasteiger partial charge in [0.2, 0.25) is 12.7 Å². The number of sulfonamides is 1. The summed E-state index contributed by atoms with van der Waals surface area (Å²) in [6, 6.07) is 18.8. The number of carbonyl (C=O) groups is 1. The molecule has 1 amide bonds. The van der Waals surface area contributed by atoms with Crippen LogP contribution < -0.4 is 23.3 Å². The Hall–Kier alpha value is -3.96. The van der Waals surface area contributed by atoms with Crippen molar-refractivity contribution in [2.45, 2.75) is 11.4 Å². The Balaban J connectivity index is 1.32. The Bertz CT molecular complexity index is 1420. The molecular weight excluding hydrogens is 522 g/mol. The molecule has 5 rings (SSSR count). The second kappa shape index (κ2) is 11.4. The lowest BCUT2D eigenvalue weighted by Gasteiger charge is -2.36. The summed E-state index contributed by atoms with van der Waals surface area (Å²) < 4.78 is 50.3. The average molecular weight is 554 g/mol. The predicted octanol–water partition coefficient (Wildman–Crippen LogP) is 2.97. The molecule has 0 atom stereocenters. The van der Waals surface area contributed by atoms with Gasteiger partial charge in [0, 0.05) is 38.8 Å². The van der Waals surface area contributed by atoms with E-state index in [-0.39, 0.29) is 29.8 Å². The predicted molar refractivity (Wildman–Crippen MR) is 145 cm³/mol. The van der Waals surface area contributed by atoms with Gasteiger partial charge in [-0.15, -0.1) is 0 Å². The number of ether oxygens (including phenoxy) is 4. The molecule has 0 N–H and O–H groups in total. The molecule has 0 radical (unpaired) electrons. The van der Waals surface area contributed by atoms with Crippen molar-refractivity contribution in [3.8, 4) is 23.0 Å². The number of benzene rings is 3. The number of hydrogen-bond acceptors (Lipinski definition) is 8. The van der Waals surface area contributed by atoms with Crippen LogP contribution >= 0.6 is 0 Å². The lowest BCUT2D eigenvalue weighted by Crippen LogP contribution is -2.51. The number of amides is 1.